The molecule has 0 saturated heterocycles. The van der Waals surface area contributed by atoms with E-state index in [4.69, 9.17) is 0 Å². The van der Waals surface area contributed by atoms with Gasteiger partial charge in [-0.2, -0.15) is 0 Å². The lowest BCUT2D eigenvalue weighted by molar-refractivity contribution is 1.26. The van der Waals surface area contributed by atoms with Crippen LogP contribution in [0.1, 0.15) is 11.1 Å². The molecule has 4 aromatic carbocycles. The Morgan fingerprint density at radius 3 is 1.46 bits per heavy atom. The SMILES string of the molecule is Cc1cccc(N(c2ccc(-c3ccc(I)cc3)cc2)c2cccc(C)c2)c1. The second-order valence-corrected chi connectivity index (χ2v) is 8.31. The number of benzene rings is 4. The summed E-state index contributed by atoms with van der Waals surface area (Å²) in [5, 5.41) is 0. The minimum Gasteiger partial charge on any atom is -0.310 e. The maximum atomic E-state index is 2.34. The van der Waals surface area contributed by atoms with Crippen LogP contribution in [0, 0.1) is 17.4 Å². The van der Waals surface area contributed by atoms with Gasteiger partial charge in [0.2, 0.25) is 0 Å². The van der Waals surface area contributed by atoms with E-state index in [1.54, 1.807) is 0 Å². The standard InChI is InChI=1S/C26H22IN/c1-19-5-3-7-25(17-19)28(26-8-4-6-20(2)18-26)24-15-11-22(12-16-24)21-9-13-23(27)14-10-21/h3-18H,1-2H3. The van der Waals surface area contributed by atoms with E-state index in [1.807, 2.05) is 0 Å². The van der Waals surface area contributed by atoms with Crippen LogP contribution < -0.4 is 4.90 Å². The molecular formula is C26H22IN. The van der Waals surface area contributed by atoms with Crippen molar-refractivity contribution in [3.05, 3.63) is 112 Å². The molecule has 0 saturated carbocycles. The molecule has 0 aliphatic rings. The van der Waals surface area contributed by atoms with Gasteiger partial charge in [0.25, 0.3) is 0 Å². The lowest BCUT2D eigenvalue weighted by Crippen LogP contribution is -2.10. The maximum Gasteiger partial charge on any atom is 0.0464 e. The van der Waals surface area contributed by atoms with Crippen molar-refractivity contribution in [1.29, 1.82) is 0 Å². The molecule has 0 unspecified atom stereocenters. The molecule has 2 heteroatoms. The molecule has 0 spiro atoms. The summed E-state index contributed by atoms with van der Waals surface area (Å²) in [7, 11) is 0. The molecule has 138 valence electrons. The van der Waals surface area contributed by atoms with Gasteiger partial charge in [0.1, 0.15) is 0 Å². The topological polar surface area (TPSA) is 3.24 Å². The molecule has 0 radical (unpaired) electrons. The molecule has 0 heterocycles. The molecule has 0 fully saturated rings. The molecule has 0 aliphatic carbocycles. The van der Waals surface area contributed by atoms with E-state index < -0.39 is 0 Å². The van der Waals surface area contributed by atoms with Crippen LogP contribution in [0.3, 0.4) is 0 Å². The highest BCUT2D eigenvalue weighted by molar-refractivity contribution is 14.1. The van der Waals surface area contributed by atoms with Gasteiger partial charge in [-0.3, -0.25) is 0 Å². The Bertz CT molecular complexity index is 1040. The van der Waals surface area contributed by atoms with Crippen LogP contribution in [0.4, 0.5) is 17.1 Å². The minimum absolute atomic E-state index is 1.16. The predicted molar refractivity (Wildman–Crippen MR) is 129 cm³/mol. The van der Waals surface area contributed by atoms with E-state index >= 15 is 0 Å². The van der Waals surface area contributed by atoms with E-state index in [-0.39, 0.29) is 0 Å². The second-order valence-electron chi connectivity index (χ2n) is 7.07. The van der Waals surface area contributed by atoms with Crippen molar-refractivity contribution in [2.75, 3.05) is 4.90 Å². The highest BCUT2D eigenvalue weighted by atomic mass is 127. The molecule has 4 aromatic rings. The van der Waals surface area contributed by atoms with Crippen LogP contribution in [0.15, 0.2) is 97.1 Å². The average Bonchev–Trinajstić information content (AvgIpc) is 2.70. The highest BCUT2D eigenvalue weighted by Crippen LogP contribution is 2.36. The van der Waals surface area contributed by atoms with Gasteiger partial charge in [0.05, 0.1) is 0 Å². The predicted octanol–water partition coefficient (Wildman–Crippen LogP) is 8.04. The van der Waals surface area contributed by atoms with Gasteiger partial charge in [0, 0.05) is 20.6 Å². The number of hydrogen-bond donors (Lipinski definition) is 0. The van der Waals surface area contributed by atoms with Gasteiger partial charge in [-0.15, -0.1) is 0 Å². The number of halogens is 1. The van der Waals surface area contributed by atoms with Crippen LogP contribution in [0.2, 0.25) is 0 Å². The van der Waals surface area contributed by atoms with Crippen molar-refractivity contribution in [3.8, 4) is 11.1 Å². The van der Waals surface area contributed by atoms with E-state index in [0.717, 1.165) is 5.69 Å². The summed E-state index contributed by atoms with van der Waals surface area (Å²) in [6.07, 6.45) is 0. The van der Waals surface area contributed by atoms with E-state index in [2.05, 4.69) is 138 Å². The first-order valence-corrected chi connectivity index (χ1v) is 10.5. The third-order valence-electron chi connectivity index (χ3n) is 4.82. The Balaban J connectivity index is 1.77. The fourth-order valence-corrected chi connectivity index (χ4v) is 3.79. The van der Waals surface area contributed by atoms with Crippen LogP contribution >= 0.6 is 22.6 Å². The second kappa shape index (κ2) is 8.19. The normalized spacial score (nSPS) is 10.7. The Morgan fingerprint density at radius 2 is 1.00 bits per heavy atom. The Morgan fingerprint density at radius 1 is 0.536 bits per heavy atom. The summed E-state index contributed by atoms with van der Waals surface area (Å²) in [5.41, 5.74) is 8.49. The Labute approximate surface area is 180 Å². The molecule has 0 atom stereocenters. The first-order valence-electron chi connectivity index (χ1n) is 9.40. The minimum atomic E-state index is 1.16. The number of aryl methyl sites for hydroxylation is 2. The number of anilines is 3. The lowest BCUT2D eigenvalue weighted by atomic mass is 10.0. The fraction of sp³-hybridized carbons (Fsp3) is 0.0769. The highest BCUT2D eigenvalue weighted by Gasteiger charge is 2.13. The molecule has 0 aliphatic heterocycles. The van der Waals surface area contributed by atoms with Crippen LogP contribution in [-0.2, 0) is 0 Å². The van der Waals surface area contributed by atoms with Gasteiger partial charge < -0.3 is 4.90 Å². The van der Waals surface area contributed by atoms with Crippen molar-refractivity contribution in [2.45, 2.75) is 13.8 Å². The van der Waals surface area contributed by atoms with Gasteiger partial charge in [-0.05, 0) is 107 Å². The molecule has 0 N–H and O–H groups in total. The summed E-state index contributed by atoms with van der Waals surface area (Å²) >= 11 is 2.34. The maximum absolute atomic E-state index is 2.34. The van der Waals surface area contributed by atoms with Crippen LogP contribution in [-0.4, -0.2) is 0 Å². The van der Waals surface area contributed by atoms with Crippen molar-refractivity contribution < 1.29 is 0 Å². The fourth-order valence-electron chi connectivity index (χ4n) is 3.43. The largest absolute Gasteiger partial charge is 0.310 e. The molecule has 0 aromatic heterocycles. The molecule has 1 nitrogen and oxygen atoms in total. The average molecular weight is 475 g/mol. The third-order valence-corrected chi connectivity index (χ3v) is 5.54. The van der Waals surface area contributed by atoms with Gasteiger partial charge in [0.15, 0.2) is 0 Å². The van der Waals surface area contributed by atoms with Crippen molar-refractivity contribution >= 4 is 39.7 Å². The Hall–Kier alpha value is -2.59. The molecule has 0 bridgehead atoms. The zero-order chi connectivity index (χ0) is 19.5. The summed E-state index contributed by atoms with van der Waals surface area (Å²) in [6.45, 7) is 4.27. The van der Waals surface area contributed by atoms with Gasteiger partial charge in [-0.1, -0.05) is 48.5 Å². The van der Waals surface area contributed by atoms with E-state index in [1.165, 1.54) is 37.2 Å². The number of rotatable bonds is 4. The molecule has 0 amide bonds. The van der Waals surface area contributed by atoms with Gasteiger partial charge in [-0.25, -0.2) is 0 Å². The van der Waals surface area contributed by atoms with Crippen molar-refractivity contribution in [2.24, 2.45) is 0 Å². The first kappa shape index (κ1) is 18.8. The van der Waals surface area contributed by atoms with E-state index in [0.29, 0.717) is 0 Å². The first-order chi connectivity index (χ1) is 13.6. The molecule has 28 heavy (non-hydrogen) atoms. The van der Waals surface area contributed by atoms with Gasteiger partial charge >= 0.3 is 0 Å². The third kappa shape index (κ3) is 4.12. The van der Waals surface area contributed by atoms with Crippen LogP contribution in [0.25, 0.3) is 11.1 Å². The Kier molecular flexibility index (Phi) is 5.49. The zero-order valence-corrected chi connectivity index (χ0v) is 18.2. The lowest BCUT2D eigenvalue weighted by Gasteiger charge is -2.26. The van der Waals surface area contributed by atoms with Crippen LogP contribution in [0.5, 0.6) is 0 Å². The summed E-state index contributed by atoms with van der Waals surface area (Å²) < 4.78 is 1.25. The number of hydrogen-bond acceptors (Lipinski definition) is 1. The van der Waals surface area contributed by atoms with E-state index in [9.17, 15) is 0 Å². The van der Waals surface area contributed by atoms with Crippen molar-refractivity contribution in [1.82, 2.24) is 0 Å². The summed E-state index contributed by atoms with van der Waals surface area (Å²) in [4.78, 5) is 2.32. The zero-order valence-electron chi connectivity index (χ0n) is 16.1. The monoisotopic (exact) mass is 475 g/mol. The summed E-state index contributed by atoms with van der Waals surface area (Å²) in [5.74, 6) is 0. The summed E-state index contributed by atoms with van der Waals surface area (Å²) in [6, 6.07) is 34.8. The molecule has 4 rings (SSSR count). The smallest absolute Gasteiger partial charge is 0.0464 e. The molecular weight excluding hydrogens is 453 g/mol. The van der Waals surface area contributed by atoms with Crippen molar-refractivity contribution in [3.63, 3.8) is 0 Å². The number of nitrogens with zero attached hydrogens (tertiary/aromatic N) is 1. The quantitative estimate of drug-likeness (QED) is 0.270.